The summed E-state index contributed by atoms with van der Waals surface area (Å²) < 4.78 is 1.84. The molecular formula is C19H18Cl2N4S. The first kappa shape index (κ1) is 18.8. The molecule has 26 heavy (non-hydrogen) atoms. The van der Waals surface area contributed by atoms with Gasteiger partial charge in [-0.2, -0.15) is 5.10 Å². The van der Waals surface area contributed by atoms with Crippen LogP contribution in [-0.2, 0) is 0 Å². The van der Waals surface area contributed by atoms with Gasteiger partial charge in [-0.05, 0) is 43.2 Å². The molecule has 0 amide bonds. The summed E-state index contributed by atoms with van der Waals surface area (Å²) in [5.74, 6) is 0. The van der Waals surface area contributed by atoms with Crippen molar-refractivity contribution in [3.63, 3.8) is 0 Å². The fourth-order valence-electron chi connectivity index (χ4n) is 2.42. The lowest BCUT2D eigenvalue weighted by atomic mass is 10.2. The SMILES string of the molecule is CCC(CC)=Nn1c(-c2cc(Cl)ccc2Cl)csc1=Nc1cccnc1. The molecule has 2 heterocycles. The number of hydrogen-bond donors (Lipinski definition) is 0. The molecule has 0 aliphatic carbocycles. The summed E-state index contributed by atoms with van der Waals surface area (Å²) >= 11 is 14.1. The first-order valence-electron chi connectivity index (χ1n) is 8.29. The second-order valence-corrected chi connectivity index (χ2v) is 7.22. The van der Waals surface area contributed by atoms with E-state index in [1.165, 1.54) is 11.3 Å². The standard InChI is InChI=1S/C19H18Cl2N4S/c1-3-14(4-2)24-25-18(16-10-13(20)7-8-17(16)21)12-26-19(25)23-15-6-5-9-22-11-15/h5-12H,3-4H2,1-2H3. The zero-order valence-corrected chi connectivity index (χ0v) is 16.8. The van der Waals surface area contributed by atoms with Gasteiger partial charge >= 0.3 is 0 Å². The van der Waals surface area contributed by atoms with E-state index in [1.807, 2.05) is 28.3 Å². The highest BCUT2D eigenvalue weighted by Gasteiger charge is 2.12. The fourth-order valence-corrected chi connectivity index (χ4v) is 3.64. The van der Waals surface area contributed by atoms with Crippen molar-refractivity contribution in [2.45, 2.75) is 26.7 Å². The van der Waals surface area contributed by atoms with E-state index in [2.05, 4.69) is 18.8 Å². The van der Waals surface area contributed by atoms with Crippen LogP contribution in [0.1, 0.15) is 26.7 Å². The minimum absolute atomic E-state index is 0.624. The van der Waals surface area contributed by atoms with Gasteiger partial charge in [-0.1, -0.05) is 37.0 Å². The maximum atomic E-state index is 6.42. The van der Waals surface area contributed by atoms with Crippen LogP contribution in [0.4, 0.5) is 5.69 Å². The molecular weight excluding hydrogens is 387 g/mol. The van der Waals surface area contributed by atoms with Crippen LogP contribution >= 0.6 is 34.5 Å². The topological polar surface area (TPSA) is 42.5 Å². The van der Waals surface area contributed by atoms with E-state index >= 15 is 0 Å². The van der Waals surface area contributed by atoms with E-state index in [-0.39, 0.29) is 0 Å². The summed E-state index contributed by atoms with van der Waals surface area (Å²) in [6.07, 6.45) is 5.19. The number of rotatable bonds is 5. The Labute approximate surface area is 166 Å². The van der Waals surface area contributed by atoms with Crippen molar-refractivity contribution in [1.82, 2.24) is 9.66 Å². The first-order valence-corrected chi connectivity index (χ1v) is 9.93. The molecule has 0 aliphatic rings. The van der Waals surface area contributed by atoms with Gasteiger partial charge in [-0.3, -0.25) is 4.98 Å². The van der Waals surface area contributed by atoms with Gasteiger partial charge in [0.05, 0.1) is 22.6 Å². The van der Waals surface area contributed by atoms with Crippen molar-refractivity contribution in [2.24, 2.45) is 10.1 Å². The largest absolute Gasteiger partial charge is 0.262 e. The van der Waals surface area contributed by atoms with Gasteiger partial charge < -0.3 is 0 Å². The van der Waals surface area contributed by atoms with Crippen LogP contribution in [0.3, 0.4) is 0 Å². The monoisotopic (exact) mass is 404 g/mol. The molecule has 3 rings (SSSR count). The summed E-state index contributed by atoms with van der Waals surface area (Å²) in [6, 6.07) is 9.19. The summed E-state index contributed by atoms with van der Waals surface area (Å²) in [5.41, 5.74) is 3.55. The molecule has 1 aromatic carbocycles. The smallest absolute Gasteiger partial charge is 0.211 e. The quantitative estimate of drug-likeness (QED) is 0.468. The van der Waals surface area contributed by atoms with Crippen molar-refractivity contribution in [3.05, 3.63) is 63.0 Å². The molecule has 7 heteroatoms. The van der Waals surface area contributed by atoms with Crippen LogP contribution < -0.4 is 4.80 Å². The molecule has 134 valence electrons. The highest BCUT2D eigenvalue weighted by Crippen LogP contribution is 2.31. The highest BCUT2D eigenvalue weighted by atomic mass is 35.5. The van der Waals surface area contributed by atoms with Gasteiger partial charge in [0.1, 0.15) is 0 Å². The third-order valence-electron chi connectivity index (χ3n) is 3.82. The van der Waals surface area contributed by atoms with Crippen molar-refractivity contribution in [2.75, 3.05) is 0 Å². The summed E-state index contributed by atoms with van der Waals surface area (Å²) in [4.78, 5) is 9.57. The summed E-state index contributed by atoms with van der Waals surface area (Å²) in [7, 11) is 0. The molecule has 0 spiro atoms. The van der Waals surface area contributed by atoms with Crippen molar-refractivity contribution in [3.8, 4) is 11.3 Å². The number of hydrogen-bond acceptors (Lipinski definition) is 4. The van der Waals surface area contributed by atoms with E-state index < -0.39 is 0 Å². The molecule has 0 bridgehead atoms. The average molecular weight is 405 g/mol. The number of aromatic nitrogens is 2. The second-order valence-electron chi connectivity index (χ2n) is 5.54. The minimum atomic E-state index is 0.624. The zero-order valence-electron chi connectivity index (χ0n) is 14.5. The predicted molar refractivity (Wildman–Crippen MR) is 111 cm³/mol. The van der Waals surface area contributed by atoms with Gasteiger partial charge in [0.15, 0.2) is 0 Å². The van der Waals surface area contributed by atoms with Crippen LogP contribution in [-0.4, -0.2) is 15.4 Å². The molecule has 3 aromatic rings. The van der Waals surface area contributed by atoms with Crippen LogP contribution in [0.5, 0.6) is 0 Å². The van der Waals surface area contributed by atoms with Crippen molar-refractivity contribution < 1.29 is 0 Å². The van der Waals surface area contributed by atoms with Crippen LogP contribution in [0, 0.1) is 0 Å². The molecule has 0 radical (unpaired) electrons. The van der Waals surface area contributed by atoms with E-state index in [4.69, 9.17) is 33.3 Å². The van der Waals surface area contributed by atoms with E-state index in [0.29, 0.717) is 10.0 Å². The Hall–Kier alpha value is -1.95. The number of thiazole rings is 1. The number of pyridine rings is 1. The summed E-state index contributed by atoms with van der Waals surface area (Å²) in [6.45, 7) is 4.19. The molecule has 2 aromatic heterocycles. The Kier molecular flexibility index (Phi) is 6.25. The third kappa shape index (κ3) is 4.23. The molecule has 0 unspecified atom stereocenters. The number of nitrogens with zero attached hydrogens (tertiary/aromatic N) is 4. The fraction of sp³-hybridized carbons (Fsp3) is 0.211. The zero-order chi connectivity index (χ0) is 18.5. The number of halogens is 2. The Morgan fingerprint density at radius 3 is 2.69 bits per heavy atom. The molecule has 0 atom stereocenters. The summed E-state index contributed by atoms with van der Waals surface area (Å²) in [5, 5.41) is 8.08. The second kappa shape index (κ2) is 8.62. The molecule has 0 aliphatic heterocycles. The third-order valence-corrected chi connectivity index (χ3v) is 5.20. The van der Waals surface area contributed by atoms with Crippen molar-refractivity contribution in [1.29, 1.82) is 0 Å². The Morgan fingerprint density at radius 1 is 1.19 bits per heavy atom. The van der Waals surface area contributed by atoms with E-state index in [9.17, 15) is 0 Å². The predicted octanol–water partition coefficient (Wildman–Crippen LogP) is 6.17. The van der Waals surface area contributed by atoms with Gasteiger partial charge in [0.2, 0.25) is 4.80 Å². The van der Waals surface area contributed by atoms with Gasteiger partial charge in [0.25, 0.3) is 0 Å². The normalized spacial score (nSPS) is 11.6. The molecule has 0 saturated carbocycles. The van der Waals surface area contributed by atoms with Crippen molar-refractivity contribution >= 4 is 45.9 Å². The minimum Gasteiger partial charge on any atom is -0.262 e. The maximum absolute atomic E-state index is 6.42. The van der Waals surface area contributed by atoms with Crippen LogP contribution in [0.15, 0.2) is 58.2 Å². The lowest BCUT2D eigenvalue weighted by Crippen LogP contribution is -2.14. The Bertz CT molecular complexity index is 984. The molecule has 0 N–H and O–H groups in total. The molecule has 4 nitrogen and oxygen atoms in total. The lowest BCUT2D eigenvalue weighted by molar-refractivity contribution is 0.834. The first-order chi connectivity index (χ1) is 12.6. The highest BCUT2D eigenvalue weighted by molar-refractivity contribution is 7.07. The maximum Gasteiger partial charge on any atom is 0.211 e. The van der Waals surface area contributed by atoms with Gasteiger partial charge in [-0.25, -0.2) is 9.67 Å². The molecule has 0 fully saturated rings. The number of benzene rings is 1. The van der Waals surface area contributed by atoms with Gasteiger partial charge in [0, 0.05) is 27.9 Å². The van der Waals surface area contributed by atoms with Crippen LogP contribution in [0.2, 0.25) is 10.0 Å². The Morgan fingerprint density at radius 2 is 2.00 bits per heavy atom. The van der Waals surface area contributed by atoms with Crippen LogP contribution in [0.25, 0.3) is 11.3 Å². The van der Waals surface area contributed by atoms with E-state index in [1.54, 1.807) is 24.5 Å². The average Bonchev–Trinajstić information content (AvgIpc) is 3.04. The van der Waals surface area contributed by atoms with E-state index in [0.717, 1.165) is 40.3 Å². The Balaban J connectivity index is 2.25. The molecule has 0 saturated heterocycles. The lowest BCUT2D eigenvalue weighted by Gasteiger charge is -2.08. The van der Waals surface area contributed by atoms with Gasteiger partial charge in [-0.15, -0.1) is 11.3 Å².